The van der Waals surface area contributed by atoms with Crippen molar-refractivity contribution in [2.24, 2.45) is 0 Å². The summed E-state index contributed by atoms with van der Waals surface area (Å²) >= 11 is 1.82. The van der Waals surface area contributed by atoms with E-state index in [1.165, 1.54) is 10.6 Å². The van der Waals surface area contributed by atoms with Crippen molar-refractivity contribution in [3.63, 3.8) is 0 Å². The lowest BCUT2D eigenvalue weighted by Crippen LogP contribution is -2.50. The van der Waals surface area contributed by atoms with E-state index in [0.717, 1.165) is 45.7 Å². The van der Waals surface area contributed by atoms with E-state index in [2.05, 4.69) is 57.1 Å². The Labute approximate surface area is 143 Å². The monoisotopic (exact) mass is 333 g/mol. The van der Waals surface area contributed by atoms with Crippen LogP contribution in [0.2, 0.25) is 0 Å². The van der Waals surface area contributed by atoms with Gasteiger partial charge in [0.05, 0.1) is 13.2 Å². The number of aliphatic hydroxyl groups is 1. The Kier molecular flexibility index (Phi) is 5.89. The van der Waals surface area contributed by atoms with E-state index in [1.54, 1.807) is 0 Å². The number of nitrogens with zero attached hydrogens (tertiary/aromatic N) is 3. The molecule has 0 spiro atoms. The molecule has 1 saturated heterocycles. The minimum Gasteiger partial charge on any atom is -0.395 e. The SMILES string of the molecule is CCC(CO)N1CCN(Cc2cccn2Cc2cccs2)CC1. The summed E-state index contributed by atoms with van der Waals surface area (Å²) in [6, 6.07) is 9.04. The normalized spacial score (nSPS) is 18.3. The zero-order valence-corrected chi connectivity index (χ0v) is 14.7. The first-order valence-electron chi connectivity index (χ1n) is 8.53. The quantitative estimate of drug-likeness (QED) is 0.845. The highest BCUT2D eigenvalue weighted by atomic mass is 32.1. The van der Waals surface area contributed by atoms with Gasteiger partial charge >= 0.3 is 0 Å². The molecule has 1 aliphatic rings. The van der Waals surface area contributed by atoms with Gasteiger partial charge in [0.2, 0.25) is 0 Å². The van der Waals surface area contributed by atoms with Gasteiger partial charge in [0.1, 0.15) is 0 Å². The Hall–Kier alpha value is -1.14. The highest BCUT2D eigenvalue weighted by molar-refractivity contribution is 7.09. The predicted octanol–water partition coefficient (Wildman–Crippen LogP) is 2.49. The van der Waals surface area contributed by atoms with E-state index >= 15 is 0 Å². The van der Waals surface area contributed by atoms with Gasteiger partial charge in [-0.2, -0.15) is 0 Å². The molecule has 126 valence electrons. The molecule has 1 N–H and O–H groups in total. The fourth-order valence-corrected chi connectivity index (χ4v) is 4.04. The molecular weight excluding hydrogens is 306 g/mol. The third kappa shape index (κ3) is 4.23. The van der Waals surface area contributed by atoms with Gasteiger partial charge in [0.15, 0.2) is 0 Å². The summed E-state index contributed by atoms with van der Waals surface area (Å²) in [5, 5.41) is 11.6. The lowest BCUT2D eigenvalue weighted by atomic mass is 10.1. The first-order chi connectivity index (χ1) is 11.3. The van der Waals surface area contributed by atoms with Crippen LogP contribution in [-0.4, -0.2) is 58.3 Å². The van der Waals surface area contributed by atoms with E-state index in [4.69, 9.17) is 0 Å². The molecule has 0 saturated carbocycles. The van der Waals surface area contributed by atoms with Crippen molar-refractivity contribution in [2.45, 2.75) is 32.5 Å². The summed E-state index contributed by atoms with van der Waals surface area (Å²) in [6.07, 6.45) is 3.21. The fraction of sp³-hybridized carbons (Fsp3) is 0.556. The number of aromatic nitrogens is 1. The van der Waals surface area contributed by atoms with Crippen molar-refractivity contribution < 1.29 is 5.11 Å². The van der Waals surface area contributed by atoms with Crippen LogP contribution < -0.4 is 0 Å². The van der Waals surface area contributed by atoms with E-state index in [0.29, 0.717) is 6.04 Å². The maximum Gasteiger partial charge on any atom is 0.0586 e. The minimum absolute atomic E-state index is 0.278. The fourth-order valence-electron chi connectivity index (χ4n) is 3.34. The van der Waals surface area contributed by atoms with E-state index in [-0.39, 0.29) is 6.61 Å². The maximum absolute atomic E-state index is 9.45. The van der Waals surface area contributed by atoms with Crippen LogP contribution in [0.3, 0.4) is 0 Å². The molecule has 3 heterocycles. The minimum atomic E-state index is 0.278. The third-order valence-corrected chi connectivity index (χ3v) is 5.68. The summed E-state index contributed by atoms with van der Waals surface area (Å²) in [6.45, 7) is 8.71. The molecule has 0 amide bonds. The molecule has 2 aromatic heterocycles. The topological polar surface area (TPSA) is 31.6 Å². The van der Waals surface area contributed by atoms with Gasteiger partial charge in [-0.1, -0.05) is 13.0 Å². The van der Waals surface area contributed by atoms with Gasteiger partial charge in [-0.3, -0.25) is 9.80 Å². The second-order valence-electron chi connectivity index (χ2n) is 6.26. The van der Waals surface area contributed by atoms with Gasteiger partial charge < -0.3 is 9.67 Å². The summed E-state index contributed by atoms with van der Waals surface area (Å²) in [7, 11) is 0. The zero-order valence-electron chi connectivity index (χ0n) is 13.9. The molecule has 5 heteroatoms. The Morgan fingerprint density at radius 2 is 1.96 bits per heavy atom. The zero-order chi connectivity index (χ0) is 16.1. The Morgan fingerprint density at radius 1 is 1.13 bits per heavy atom. The molecule has 1 fully saturated rings. The third-order valence-electron chi connectivity index (χ3n) is 4.82. The summed E-state index contributed by atoms with van der Waals surface area (Å²) in [5.41, 5.74) is 1.39. The molecule has 1 unspecified atom stereocenters. The van der Waals surface area contributed by atoms with Crippen LogP contribution in [0.25, 0.3) is 0 Å². The summed E-state index contributed by atoms with van der Waals surface area (Å²) < 4.78 is 2.36. The molecular formula is C18H27N3OS. The van der Waals surface area contributed by atoms with Crippen molar-refractivity contribution in [1.29, 1.82) is 0 Å². The lowest BCUT2D eigenvalue weighted by molar-refractivity contribution is 0.0600. The molecule has 4 nitrogen and oxygen atoms in total. The average molecular weight is 334 g/mol. The second-order valence-corrected chi connectivity index (χ2v) is 7.30. The van der Waals surface area contributed by atoms with Crippen molar-refractivity contribution in [3.05, 3.63) is 46.4 Å². The molecule has 0 aliphatic carbocycles. The first-order valence-corrected chi connectivity index (χ1v) is 9.41. The molecule has 23 heavy (non-hydrogen) atoms. The number of thiophene rings is 1. The van der Waals surface area contributed by atoms with Crippen LogP contribution in [-0.2, 0) is 13.1 Å². The Bertz CT molecular complexity index is 569. The van der Waals surface area contributed by atoms with Gasteiger partial charge in [-0.05, 0) is 30.0 Å². The van der Waals surface area contributed by atoms with Crippen LogP contribution in [0.4, 0.5) is 0 Å². The number of hydrogen-bond acceptors (Lipinski definition) is 4. The highest BCUT2D eigenvalue weighted by Crippen LogP contribution is 2.16. The Balaban J connectivity index is 1.54. The van der Waals surface area contributed by atoms with Crippen LogP contribution in [0, 0.1) is 0 Å². The van der Waals surface area contributed by atoms with Gasteiger partial charge in [0, 0.05) is 55.5 Å². The molecule has 0 bridgehead atoms. The van der Waals surface area contributed by atoms with E-state index in [1.807, 2.05) is 11.3 Å². The van der Waals surface area contributed by atoms with Gasteiger partial charge in [0.25, 0.3) is 0 Å². The van der Waals surface area contributed by atoms with Crippen molar-refractivity contribution in [2.75, 3.05) is 32.8 Å². The van der Waals surface area contributed by atoms with Crippen LogP contribution >= 0.6 is 11.3 Å². The van der Waals surface area contributed by atoms with E-state index < -0.39 is 0 Å². The molecule has 2 aromatic rings. The summed E-state index contributed by atoms with van der Waals surface area (Å²) in [4.78, 5) is 6.36. The number of piperazine rings is 1. The first kappa shape index (κ1) is 16.7. The van der Waals surface area contributed by atoms with Gasteiger partial charge in [-0.25, -0.2) is 0 Å². The largest absolute Gasteiger partial charge is 0.395 e. The van der Waals surface area contributed by atoms with E-state index in [9.17, 15) is 5.11 Å². The maximum atomic E-state index is 9.45. The van der Waals surface area contributed by atoms with Gasteiger partial charge in [-0.15, -0.1) is 11.3 Å². The number of aliphatic hydroxyl groups excluding tert-OH is 1. The van der Waals surface area contributed by atoms with Crippen molar-refractivity contribution in [3.8, 4) is 0 Å². The predicted molar refractivity (Wildman–Crippen MR) is 95.9 cm³/mol. The highest BCUT2D eigenvalue weighted by Gasteiger charge is 2.22. The average Bonchev–Trinajstić information content (AvgIpc) is 3.23. The van der Waals surface area contributed by atoms with Crippen LogP contribution in [0.1, 0.15) is 23.9 Å². The standard InChI is InChI=1S/C18H27N3OS/c1-2-16(15-22)20-10-8-19(9-11-20)13-17-5-3-7-21(17)14-18-6-4-12-23-18/h3-7,12,16,22H,2,8-11,13-15H2,1H3. The summed E-state index contributed by atoms with van der Waals surface area (Å²) in [5.74, 6) is 0. The lowest BCUT2D eigenvalue weighted by Gasteiger charge is -2.38. The van der Waals surface area contributed by atoms with Crippen molar-refractivity contribution >= 4 is 11.3 Å². The molecule has 1 atom stereocenters. The number of rotatable bonds is 7. The Morgan fingerprint density at radius 3 is 2.61 bits per heavy atom. The van der Waals surface area contributed by atoms with Crippen LogP contribution in [0.15, 0.2) is 35.8 Å². The molecule has 0 aromatic carbocycles. The van der Waals surface area contributed by atoms with Crippen molar-refractivity contribution in [1.82, 2.24) is 14.4 Å². The van der Waals surface area contributed by atoms with Crippen LogP contribution in [0.5, 0.6) is 0 Å². The smallest absolute Gasteiger partial charge is 0.0586 e. The molecule has 3 rings (SSSR count). The molecule has 1 aliphatic heterocycles. The molecule has 0 radical (unpaired) electrons. The number of hydrogen-bond donors (Lipinski definition) is 1. The second kappa shape index (κ2) is 8.11.